The number of nitrogens with one attached hydrogen (secondary N) is 1. The van der Waals surface area contributed by atoms with Gasteiger partial charge in [-0.15, -0.1) is 12.4 Å². The van der Waals surface area contributed by atoms with E-state index < -0.39 is 0 Å². The predicted molar refractivity (Wildman–Crippen MR) is 99.5 cm³/mol. The van der Waals surface area contributed by atoms with Gasteiger partial charge in [-0.2, -0.15) is 0 Å². The molecule has 0 bridgehead atoms. The van der Waals surface area contributed by atoms with E-state index in [0.717, 1.165) is 51.1 Å². The van der Waals surface area contributed by atoms with Crippen molar-refractivity contribution < 1.29 is 4.79 Å². The Hall–Kier alpha value is -1.10. The number of carbonyl (C=O) groups excluding carboxylic acids is 1. The second kappa shape index (κ2) is 10.6. The van der Waals surface area contributed by atoms with Crippen molar-refractivity contribution in [3.63, 3.8) is 0 Å². The van der Waals surface area contributed by atoms with Crippen molar-refractivity contribution in [1.29, 1.82) is 0 Å². The van der Waals surface area contributed by atoms with Crippen molar-refractivity contribution in [2.45, 2.75) is 39.2 Å². The van der Waals surface area contributed by atoms with E-state index in [1.165, 1.54) is 0 Å². The molecule has 1 amide bonds. The van der Waals surface area contributed by atoms with Gasteiger partial charge < -0.3 is 10.2 Å². The van der Waals surface area contributed by atoms with E-state index in [1.807, 2.05) is 42.2 Å². The predicted octanol–water partition coefficient (Wildman–Crippen LogP) is 2.93. The maximum absolute atomic E-state index is 12.8. The molecule has 1 aromatic carbocycles. The first-order chi connectivity index (χ1) is 10.8. The molecule has 0 saturated carbocycles. The van der Waals surface area contributed by atoms with Crippen molar-refractivity contribution in [2.24, 2.45) is 0 Å². The second-order valence-electron chi connectivity index (χ2n) is 5.93. The fourth-order valence-corrected chi connectivity index (χ4v) is 3.22. The van der Waals surface area contributed by atoms with Crippen LogP contribution in [0, 0.1) is 0 Å². The summed E-state index contributed by atoms with van der Waals surface area (Å²) in [6, 6.07) is 10.5. The van der Waals surface area contributed by atoms with Gasteiger partial charge >= 0.3 is 0 Å². The lowest BCUT2D eigenvalue weighted by molar-refractivity contribution is -0.120. The number of anilines is 1. The molecule has 1 fully saturated rings. The number of hydrogen-bond donors (Lipinski definition) is 1. The average molecular weight is 340 g/mol. The zero-order valence-corrected chi connectivity index (χ0v) is 15.1. The fourth-order valence-electron chi connectivity index (χ4n) is 3.22. The minimum atomic E-state index is 0. The molecule has 0 spiro atoms. The topological polar surface area (TPSA) is 35.6 Å². The number of rotatable bonds is 7. The molecule has 4 nitrogen and oxygen atoms in total. The maximum atomic E-state index is 12.8. The highest BCUT2D eigenvalue weighted by atomic mass is 35.5. The molecule has 130 valence electrons. The van der Waals surface area contributed by atoms with Crippen molar-refractivity contribution in [1.82, 2.24) is 10.2 Å². The first-order valence-electron chi connectivity index (χ1n) is 8.56. The summed E-state index contributed by atoms with van der Waals surface area (Å²) in [4.78, 5) is 17.0. The van der Waals surface area contributed by atoms with Crippen molar-refractivity contribution in [3.05, 3.63) is 30.3 Å². The summed E-state index contributed by atoms with van der Waals surface area (Å²) < 4.78 is 0. The highest BCUT2D eigenvalue weighted by Gasteiger charge is 2.24. The lowest BCUT2D eigenvalue weighted by Crippen LogP contribution is -2.48. The maximum Gasteiger partial charge on any atom is 0.241 e. The van der Waals surface area contributed by atoms with E-state index in [0.29, 0.717) is 12.6 Å². The average Bonchev–Trinajstić information content (AvgIpc) is 2.57. The zero-order valence-electron chi connectivity index (χ0n) is 14.3. The van der Waals surface area contributed by atoms with Crippen LogP contribution < -0.4 is 10.2 Å². The molecular weight excluding hydrogens is 310 g/mol. The fraction of sp³-hybridized carbons (Fsp3) is 0.611. The molecular formula is C18H30ClN3O. The highest BCUT2D eigenvalue weighted by Crippen LogP contribution is 2.16. The van der Waals surface area contributed by atoms with E-state index in [-0.39, 0.29) is 18.3 Å². The van der Waals surface area contributed by atoms with E-state index in [1.54, 1.807) is 0 Å². The van der Waals surface area contributed by atoms with Crippen LogP contribution in [0.5, 0.6) is 0 Å². The van der Waals surface area contributed by atoms with Gasteiger partial charge in [0.1, 0.15) is 0 Å². The van der Waals surface area contributed by atoms with Crippen molar-refractivity contribution in [3.8, 4) is 0 Å². The second-order valence-corrected chi connectivity index (χ2v) is 5.93. The molecule has 1 saturated heterocycles. The van der Waals surface area contributed by atoms with Crippen LogP contribution in [0.2, 0.25) is 0 Å². The smallest absolute Gasteiger partial charge is 0.241 e. The quantitative estimate of drug-likeness (QED) is 0.829. The standard InChI is InChI=1S/C18H29N3O.ClH/c1-3-14-20(16-10-12-19-13-11-16)15-18(22)21(4-2)17-8-6-5-7-9-17;/h5-9,16,19H,3-4,10-15H2,1-2H3;1H. The lowest BCUT2D eigenvalue weighted by atomic mass is 10.0. The van der Waals surface area contributed by atoms with E-state index in [9.17, 15) is 4.79 Å². The number of amides is 1. The summed E-state index contributed by atoms with van der Waals surface area (Å²) in [7, 11) is 0. The molecule has 1 aromatic rings. The molecule has 0 aromatic heterocycles. The zero-order chi connectivity index (χ0) is 15.8. The van der Waals surface area contributed by atoms with Crippen LogP contribution in [0.25, 0.3) is 0 Å². The molecule has 0 radical (unpaired) electrons. The number of hydrogen-bond acceptors (Lipinski definition) is 3. The molecule has 1 aliphatic rings. The Morgan fingerprint density at radius 1 is 1.17 bits per heavy atom. The van der Waals surface area contributed by atoms with Crippen LogP contribution in [0.1, 0.15) is 33.1 Å². The van der Waals surface area contributed by atoms with E-state index >= 15 is 0 Å². The minimum Gasteiger partial charge on any atom is -0.317 e. The molecule has 1 aliphatic heterocycles. The van der Waals surface area contributed by atoms with E-state index in [2.05, 4.69) is 17.1 Å². The number of para-hydroxylation sites is 1. The molecule has 23 heavy (non-hydrogen) atoms. The third-order valence-corrected chi connectivity index (χ3v) is 4.36. The van der Waals surface area contributed by atoms with Gasteiger partial charge in [0.25, 0.3) is 0 Å². The van der Waals surface area contributed by atoms with Gasteiger partial charge in [-0.25, -0.2) is 0 Å². The van der Waals surface area contributed by atoms with Gasteiger partial charge in [0.2, 0.25) is 5.91 Å². The Bertz CT molecular complexity index is 449. The normalized spacial score (nSPS) is 15.3. The Balaban J connectivity index is 0.00000264. The highest BCUT2D eigenvalue weighted by molar-refractivity contribution is 5.94. The molecule has 0 unspecified atom stereocenters. The third-order valence-electron chi connectivity index (χ3n) is 4.36. The Labute approximate surface area is 146 Å². The summed E-state index contributed by atoms with van der Waals surface area (Å²) in [5.41, 5.74) is 0.997. The van der Waals surface area contributed by atoms with Crippen LogP contribution in [-0.4, -0.2) is 49.6 Å². The summed E-state index contributed by atoms with van der Waals surface area (Å²) in [5, 5.41) is 3.40. The van der Waals surface area contributed by atoms with Crippen LogP contribution in [-0.2, 0) is 4.79 Å². The van der Waals surface area contributed by atoms with Crippen LogP contribution in [0.15, 0.2) is 30.3 Å². The van der Waals surface area contributed by atoms with Gasteiger partial charge in [-0.1, -0.05) is 25.1 Å². The number of piperidine rings is 1. The summed E-state index contributed by atoms with van der Waals surface area (Å²) in [6.45, 7) is 8.61. The molecule has 1 N–H and O–H groups in total. The summed E-state index contributed by atoms with van der Waals surface area (Å²) >= 11 is 0. The number of halogens is 1. The SMILES string of the molecule is CCCN(CC(=O)N(CC)c1ccccc1)C1CCNCC1.Cl. The van der Waals surface area contributed by atoms with Gasteiger partial charge in [-0.05, 0) is 58.0 Å². The van der Waals surface area contributed by atoms with Gasteiger partial charge in [0.05, 0.1) is 6.54 Å². The largest absolute Gasteiger partial charge is 0.317 e. The minimum absolute atomic E-state index is 0. The molecule has 1 heterocycles. The van der Waals surface area contributed by atoms with Crippen LogP contribution >= 0.6 is 12.4 Å². The Morgan fingerprint density at radius 2 is 1.83 bits per heavy atom. The van der Waals surface area contributed by atoms with Crippen molar-refractivity contribution >= 4 is 24.0 Å². The molecule has 0 aliphatic carbocycles. The van der Waals surface area contributed by atoms with Gasteiger partial charge in [0, 0.05) is 18.3 Å². The van der Waals surface area contributed by atoms with Gasteiger partial charge in [0.15, 0.2) is 0 Å². The van der Waals surface area contributed by atoms with Crippen LogP contribution in [0.4, 0.5) is 5.69 Å². The third kappa shape index (κ3) is 5.79. The summed E-state index contributed by atoms with van der Waals surface area (Å²) in [5.74, 6) is 0.209. The lowest BCUT2D eigenvalue weighted by Gasteiger charge is -2.35. The number of carbonyl (C=O) groups is 1. The first-order valence-corrected chi connectivity index (χ1v) is 8.56. The molecule has 0 atom stereocenters. The number of nitrogens with zero attached hydrogens (tertiary/aromatic N) is 2. The van der Waals surface area contributed by atoms with Gasteiger partial charge in [-0.3, -0.25) is 9.69 Å². The van der Waals surface area contributed by atoms with E-state index in [4.69, 9.17) is 0 Å². The molecule has 2 rings (SSSR count). The Morgan fingerprint density at radius 3 is 2.39 bits per heavy atom. The van der Waals surface area contributed by atoms with Crippen LogP contribution in [0.3, 0.4) is 0 Å². The number of likely N-dealkylation sites (N-methyl/N-ethyl adjacent to an activating group) is 1. The van der Waals surface area contributed by atoms with Crippen molar-refractivity contribution in [2.75, 3.05) is 37.6 Å². The molecule has 5 heteroatoms. The monoisotopic (exact) mass is 339 g/mol. The summed E-state index contributed by atoms with van der Waals surface area (Å²) in [6.07, 6.45) is 3.38. The first kappa shape index (κ1) is 19.9. The number of benzene rings is 1. The Kier molecular flexibility index (Phi) is 9.22.